The highest BCUT2D eigenvalue weighted by Crippen LogP contribution is 2.53. The zero-order chi connectivity index (χ0) is 30.5. The van der Waals surface area contributed by atoms with E-state index >= 15 is 4.79 Å². The Labute approximate surface area is 256 Å². The minimum Gasteiger partial charge on any atom is -0.496 e. The Bertz CT molecular complexity index is 1990. The van der Waals surface area contributed by atoms with E-state index in [1.807, 2.05) is 67.6 Å². The lowest BCUT2D eigenvalue weighted by Crippen LogP contribution is -2.60. The van der Waals surface area contributed by atoms with Crippen molar-refractivity contribution in [3.63, 3.8) is 0 Å². The first-order chi connectivity index (χ1) is 21.4. The third-order valence-corrected chi connectivity index (χ3v) is 10.4. The largest absolute Gasteiger partial charge is 0.496 e. The first-order valence-corrected chi connectivity index (χ1v) is 15.9. The van der Waals surface area contributed by atoms with Crippen LogP contribution in [0.3, 0.4) is 0 Å². The number of benzene rings is 3. The molecule has 1 amide bonds. The SMILES string of the molecule is COc1ccccc1C1(N2CCN(c3ccncc3)CC2)C(=O)N(S(=O)(=O)c2cccc3cccnc23)c2cc(C)ccc21. The second-order valence-corrected chi connectivity index (χ2v) is 12.8. The first kappa shape index (κ1) is 28.0. The zero-order valence-corrected chi connectivity index (χ0v) is 25.2. The van der Waals surface area contributed by atoms with Gasteiger partial charge >= 0.3 is 0 Å². The molecule has 0 N–H and O–H groups in total. The summed E-state index contributed by atoms with van der Waals surface area (Å²) in [7, 11) is -2.83. The van der Waals surface area contributed by atoms with E-state index < -0.39 is 21.5 Å². The number of sulfonamides is 1. The molecule has 0 bridgehead atoms. The van der Waals surface area contributed by atoms with Crippen molar-refractivity contribution in [2.24, 2.45) is 0 Å². The average Bonchev–Trinajstić information content (AvgIpc) is 3.33. The van der Waals surface area contributed by atoms with Crippen LogP contribution in [0.1, 0.15) is 16.7 Å². The number of nitrogens with zero attached hydrogens (tertiary/aromatic N) is 5. The number of aromatic nitrogens is 2. The number of pyridine rings is 2. The average molecular weight is 606 g/mol. The highest BCUT2D eigenvalue weighted by Gasteiger charge is 2.60. The second-order valence-electron chi connectivity index (χ2n) is 11.0. The molecule has 7 rings (SSSR count). The number of aryl methyl sites for hydroxylation is 1. The topological polar surface area (TPSA) is 95.9 Å². The van der Waals surface area contributed by atoms with Crippen LogP contribution in [0.25, 0.3) is 10.9 Å². The van der Waals surface area contributed by atoms with Crippen LogP contribution in [-0.4, -0.2) is 62.5 Å². The van der Waals surface area contributed by atoms with Gasteiger partial charge in [0.2, 0.25) is 0 Å². The van der Waals surface area contributed by atoms with Gasteiger partial charge in [-0.25, -0.2) is 12.7 Å². The molecule has 44 heavy (non-hydrogen) atoms. The number of fused-ring (bicyclic) bond motifs is 2. The number of carbonyl (C=O) groups is 1. The number of methoxy groups -OCH3 is 1. The van der Waals surface area contributed by atoms with Gasteiger partial charge < -0.3 is 9.64 Å². The quantitative estimate of drug-likeness (QED) is 0.274. The number of hydrogen-bond acceptors (Lipinski definition) is 8. The predicted molar refractivity (Wildman–Crippen MR) is 169 cm³/mol. The van der Waals surface area contributed by atoms with Gasteiger partial charge in [-0.15, -0.1) is 0 Å². The van der Waals surface area contributed by atoms with Crippen LogP contribution in [0, 0.1) is 6.92 Å². The van der Waals surface area contributed by atoms with Crippen molar-refractivity contribution in [2.45, 2.75) is 17.4 Å². The lowest BCUT2D eigenvalue weighted by Gasteiger charge is -2.46. The first-order valence-electron chi connectivity index (χ1n) is 14.5. The molecule has 0 saturated carbocycles. The molecule has 1 fully saturated rings. The molecule has 9 nitrogen and oxygen atoms in total. The van der Waals surface area contributed by atoms with E-state index in [0.717, 1.165) is 15.6 Å². The minimum atomic E-state index is -4.40. The number of para-hydroxylation sites is 2. The number of rotatable bonds is 6. The predicted octanol–water partition coefficient (Wildman–Crippen LogP) is 4.75. The van der Waals surface area contributed by atoms with E-state index in [1.165, 1.54) is 6.07 Å². The summed E-state index contributed by atoms with van der Waals surface area (Å²) in [4.78, 5) is 28.2. The monoisotopic (exact) mass is 605 g/mol. The second kappa shape index (κ2) is 10.7. The Balaban J connectivity index is 1.44. The highest BCUT2D eigenvalue weighted by molar-refractivity contribution is 7.93. The van der Waals surface area contributed by atoms with Crippen LogP contribution >= 0.6 is 0 Å². The molecule has 0 aliphatic carbocycles. The molecule has 5 aromatic rings. The summed E-state index contributed by atoms with van der Waals surface area (Å²) >= 11 is 0. The number of hydrogen-bond donors (Lipinski definition) is 0. The van der Waals surface area contributed by atoms with E-state index in [1.54, 1.807) is 43.9 Å². The summed E-state index contributed by atoms with van der Waals surface area (Å²) in [6, 6.07) is 25.5. The van der Waals surface area contributed by atoms with Gasteiger partial charge in [-0.05, 0) is 48.9 Å². The number of anilines is 2. The molecule has 1 atom stereocenters. The van der Waals surface area contributed by atoms with E-state index in [2.05, 4.69) is 19.8 Å². The lowest BCUT2D eigenvalue weighted by molar-refractivity contribution is -0.127. The third kappa shape index (κ3) is 4.16. The molecule has 1 saturated heterocycles. The van der Waals surface area contributed by atoms with E-state index in [0.29, 0.717) is 59.6 Å². The summed E-state index contributed by atoms with van der Waals surface area (Å²) in [5.41, 5.74) is 2.29. The zero-order valence-electron chi connectivity index (χ0n) is 24.4. The van der Waals surface area contributed by atoms with Crippen molar-refractivity contribution in [3.05, 3.63) is 120 Å². The minimum absolute atomic E-state index is 0.0188. The number of amides is 1. The van der Waals surface area contributed by atoms with Crippen molar-refractivity contribution >= 4 is 38.2 Å². The number of piperazine rings is 1. The Hall–Kier alpha value is -4.80. The van der Waals surface area contributed by atoms with Gasteiger partial charge in [0.15, 0.2) is 5.54 Å². The molecule has 0 spiro atoms. The molecule has 10 heteroatoms. The highest BCUT2D eigenvalue weighted by atomic mass is 32.2. The summed E-state index contributed by atoms with van der Waals surface area (Å²) in [6.07, 6.45) is 5.09. The molecule has 1 unspecified atom stereocenters. The lowest BCUT2D eigenvalue weighted by atomic mass is 9.80. The maximum atomic E-state index is 15.3. The van der Waals surface area contributed by atoms with Crippen LogP contribution in [0.2, 0.25) is 0 Å². The van der Waals surface area contributed by atoms with Crippen LogP contribution in [0.4, 0.5) is 11.4 Å². The van der Waals surface area contributed by atoms with Gasteiger partial charge in [0, 0.05) is 67.0 Å². The number of ether oxygens (including phenoxy) is 1. The molecule has 2 aliphatic rings. The Morgan fingerprint density at radius 2 is 1.57 bits per heavy atom. The third-order valence-electron chi connectivity index (χ3n) is 8.65. The van der Waals surface area contributed by atoms with E-state index in [9.17, 15) is 8.42 Å². The molecule has 222 valence electrons. The van der Waals surface area contributed by atoms with Crippen LogP contribution in [0.15, 0.2) is 108 Å². The Kier molecular flexibility index (Phi) is 6.83. The molecular weight excluding hydrogens is 574 g/mol. The summed E-state index contributed by atoms with van der Waals surface area (Å²) in [6.45, 7) is 4.17. The number of carbonyl (C=O) groups excluding carboxylic acids is 1. The molecule has 3 aromatic carbocycles. The van der Waals surface area contributed by atoms with Crippen LogP contribution < -0.4 is 13.9 Å². The van der Waals surface area contributed by atoms with E-state index in [4.69, 9.17) is 4.74 Å². The summed E-state index contributed by atoms with van der Waals surface area (Å²) in [5, 5.41) is 0.674. The maximum absolute atomic E-state index is 15.3. The Morgan fingerprint density at radius 1 is 0.818 bits per heavy atom. The smallest absolute Gasteiger partial charge is 0.273 e. The molecule has 2 aliphatic heterocycles. The summed E-state index contributed by atoms with van der Waals surface area (Å²) in [5.74, 6) is -0.0529. The maximum Gasteiger partial charge on any atom is 0.273 e. The van der Waals surface area contributed by atoms with Gasteiger partial charge in [0.05, 0.1) is 18.3 Å². The van der Waals surface area contributed by atoms with Crippen molar-refractivity contribution in [2.75, 3.05) is 42.5 Å². The van der Waals surface area contributed by atoms with Crippen molar-refractivity contribution in [3.8, 4) is 5.75 Å². The fraction of sp³-hybridized carbons (Fsp3) is 0.206. The fourth-order valence-corrected chi connectivity index (χ4v) is 8.27. The Morgan fingerprint density at radius 3 is 2.34 bits per heavy atom. The van der Waals surface area contributed by atoms with Crippen molar-refractivity contribution < 1.29 is 17.9 Å². The van der Waals surface area contributed by atoms with Gasteiger partial charge in [-0.3, -0.25) is 19.7 Å². The standard InChI is InChI=1S/C34H31N5O4S/c1-24-12-13-27-29(23-24)39(44(41,42)31-11-5-7-25-8-6-16-36-32(25)31)33(40)34(27,28-9-3-4-10-30(28)43-2)38-21-19-37(20-22-38)26-14-17-35-18-15-26/h3-18,23H,19-22H2,1-2H3. The molecule has 0 radical (unpaired) electrons. The van der Waals surface area contributed by atoms with Crippen LogP contribution in [0.5, 0.6) is 5.75 Å². The summed E-state index contributed by atoms with van der Waals surface area (Å²) < 4.78 is 36.3. The van der Waals surface area contributed by atoms with Gasteiger partial charge in [0.25, 0.3) is 15.9 Å². The van der Waals surface area contributed by atoms with Crippen molar-refractivity contribution in [1.29, 1.82) is 0 Å². The van der Waals surface area contributed by atoms with Gasteiger partial charge in [-0.2, -0.15) is 0 Å². The van der Waals surface area contributed by atoms with Gasteiger partial charge in [0.1, 0.15) is 10.6 Å². The molecule has 4 heterocycles. The molecule has 2 aromatic heterocycles. The van der Waals surface area contributed by atoms with Gasteiger partial charge in [-0.1, -0.05) is 48.5 Å². The van der Waals surface area contributed by atoms with E-state index in [-0.39, 0.29) is 4.90 Å². The fourth-order valence-electron chi connectivity index (χ4n) is 6.64. The molecular formula is C34H31N5O4S. The van der Waals surface area contributed by atoms with Crippen LogP contribution in [-0.2, 0) is 20.4 Å². The normalized spacial score (nSPS) is 18.9. The van der Waals surface area contributed by atoms with Crippen molar-refractivity contribution in [1.82, 2.24) is 14.9 Å².